The number of thiazole rings is 1. The molecular weight excluding hydrogens is 484 g/mol. The minimum absolute atomic E-state index is 0.221. The van der Waals surface area contributed by atoms with Crippen LogP contribution in [0.15, 0.2) is 69.6 Å². The molecule has 0 bridgehead atoms. The van der Waals surface area contributed by atoms with Gasteiger partial charge in [-0.2, -0.15) is 0 Å². The van der Waals surface area contributed by atoms with Gasteiger partial charge in [-0.3, -0.25) is 9.36 Å². The number of fused-ring (bicyclic) bond motifs is 1. The fourth-order valence-electron chi connectivity index (χ4n) is 3.99. The van der Waals surface area contributed by atoms with Crippen LogP contribution in [0.25, 0.3) is 6.08 Å². The highest BCUT2D eigenvalue weighted by Crippen LogP contribution is 2.33. The normalized spacial score (nSPS) is 15.2. The smallest absolute Gasteiger partial charge is 0.341 e. The van der Waals surface area contributed by atoms with E-state index in [0.717, 1.165) is 16.9 Å². The van der Waals surface area contributed by atoms with Crippen molar-refractivity contribution in [2.24, 2.45) is 4.99 Å². The van der Waals surface area contributed by atoms with Crippen molar-refractivity contribution < 1.29 is 28.9 Å². The summed E-state index contributed by atoms with van der Waals surface area (Å²) in [7, 11) is 1.29. The Hall–Kier alpha value is -4.18. The van der Waals surface area contributed by atoms with E-state index in [2.05, 4.69) is 4.99 Å². The van der Waals surface area contributed by atoms with Gasteiger partial charge in [-0.25, -0.2) is 14.6 Å². The lowest BCUT2D eigenvalue weighted by molar-refractivity contribution is -0.139. The van der Waals surface area contributed by atoms with Crippen molar-refractivity contribution in [3.05, 3.63) is 90.6 Å². The van der Waals surface area contributed by atoms with Gasteiger partial charge in [0.1, 0.15) is 0 Å². The summed E-state index contributed by atoms with van der Waals surface area (Å²) in [6.07, 6.45) is 1.61. The Morgan fingerprint density at radius 2 is 1.89 bits per heavy atom. The lowest BCUT2D eigenvalue weighted by Crippen LogP contribution is -2.39. The number of hydrogen-bond donors (Lipinski definition) is 1. The number of nitrogens with zero attached hydrogens (tertiary/aromatic N) is 2. The highest BCUT2D eigenvalue weighted by atomic mass is 32.1. The number of esters is 1. The van der Waals surface area contributed by atoms with Crippen LogP contribution in [0.4, 0.5) is 0 Å². The van der Waals surface area contributed by atoms with Crippen molar-refractivity contribution in [3.8, 4) is 11.5 Å². The Morgan fingerprint density at radius 1 is 1.14 bits per heavy atom. The van der Waals surface area contributed by atoms with Gasteiger partial charge >= 0.3 is 11.9 Å². The summed E-state index contributed by atoms with van der Waals surface area (Å²) < 4.78 is 17.9. The van der Waals surface area contributed by atoms with E-state index in [1.807, 2.05) is 30.3 Å². The van der Waals surface area contributed by atoms with Gasteiger partial charge in [0, 0.05) is 5.56 Å². The molecule has 0 amide bonds. The van der Waals surface area contributed by atoms with E-state index in [1.165, 1.54) is 11.7 Å². The van der Waals surface area contributed by atoms with Crippen LogP contribution in [0.5, 0.6) is 11.5 Å². The van der Waals surface area contributed by atoms with E-state index in [1.54, 1.807) is 38.1 Å². The molecule has 1 atom stereocenters. The molecule has 0 spiro atoms. The van der Waals surface area contributed by atoms with Crippen molar-refractivity contribution in [2.75, 3.05) is 20.3 Å². The van der Waals surface area contributed by atoms with Crippen LogP contribution >= 0.6 is 11.3 Å². The first kappa shape index (κ1) is 24.9. The number of allylic oxidation sites excluding steroid dienone is 1. The first-order valence-electron chi connectivity index (χ1n) is 11.1. The number of para-hydroxylation sites is 1. The van der Waals surface area contributed by atoms with Crippen LogP contribution in [-0.4, -0.2) is 41.9 Å². The third-order valence-corrected chi connectivity index (χ3v) is 6.46. The predicted octanol–water partition coefficient (Wildman–Crippen LogP) is 2.27. The van der Waals surface area contributed by atoms with Gasteiger partial charge in [-0.05, 0) is 31.6 Å². The van der Waals surface area contributed by atoms with Gasteiger partial charge in [0.15, 0.2) is 22.9 Å². The molecular formula is C26H24N2O7S. The Bertz CT molecular complexity index is 1520. The van der Waals surface area contributed by atoms with Crippen LogP contribution in [0.2, 0.25) is 0 Å². The van der Waals surface area contributed by atoms with Gasteiger partial charge < -0.3 is 19.3 Å². The quantitative estimate of drug-likeness (QED) is 0.464. The second-order valence-electron chi connectivity index (χ2n) is 7.77. The third-order valence-electron chi connectivity index (χ3n) is 5.48. The van der Waals surface area contributed by atoms with Crippen molar-refractivity contribution >= 4 is 29.4 Å². The second-order valence-corrected chi connectivity index (χ2v) is 8.78. The Kier molecular flexibility index (Phi) is 7.35. The van der Waals surface area contributed by atoms with Crippen LogP contribution in [0, 0.1) is 0 Å². The molecule has 186 valence electrons. The summed E-state index contributed by atoms with van der Waals surface area (Å²) in [6, 6.07) is 13.6. The molecule has 2 heterocycles. The molecule has 2 aromatic carbocycles. The molecule has 3 aromatic rings. The van der Waals surface area contributed by atoms with Crippen molar-refractivity contribution in [1.82, 2.24) is 4.57 Å². The Morgan fingerprint density at radius 3 is 2.56 bits per heavy atom. The molecule has 1 aliphatic rings. The maximum atomic E-state index is 13.7. The molecule has 0 radical (unpaired) electrons. The number of methoxy groups -OCH3 is 1. The molecule has 0 saturated carbocycles. The number of carbonyl (C=O) groups is 2. The summed E-state index contributed by atoms with van der Waals surface area (Å²) in [5.41, 5.74) is 1.61. The zero-order valence-electron chi connectivity index (χ0n) is 19.9. The standard InChI is InChI=1S/C26H24N2O7S/c1-4-34-18-12-8-11-17(23(18)35-14-20(29)30)13-19-24(31)28-22(16-9-6-5-7-10-16)21(25(32)33-3)15(2)27-26(28)36-19/h5-13,22H,4,14H2,1-3H3,(H,29,30). The van der Waals surface area contributed by atoms with E-state index in [-0.39, 0.29) is 16.9 Å². The number of rotatable bonds is 8. The molecule has 36 heavy (non-hydrogen) atoms. The van der Waals surface area contributed by atoms with E-state index >= 15 is 0 Å². The molecule has 0 aliphatic carbocycles. The summed E-state index contributed by atoms with van der Waals surface area (Å²) >= 11 is 1.16. The van der Waals surface area contributed by atoms with Gasteiger partial charge in [0.25, 0.3) is 5.56 Å². The highest BCUT2D eigenvalue weighted by Gasteiger charge is 2.33. The largest absolute Gasteiger partial charge is 0.490 e. The number of hydrogen-bond acceptors (Lipinski definition) is 8. The maximum absolute atomic E-state index is 13.7. The SMILES string of the molecule is CCOc1cccc(C=c2sc3n(c2=O)C(c2ccccc2)C(C(=O)OC)=C(C)N=3)c1OCC(=O)O. The van der Waals surface area contributed by atoms with Crippen molar-refractivity contribution in [3.63, 3.8) is 0 Å². The van der Waals surface area contributed by atoms with E-state index < -0.39 is 24.6 Å². The molecule has 1 aliphatic heterocycles. The lowest BCUT2D eigenvalue weighted by atomic mass is 9.96. The fourth-order valence-corrected chi connectivity index (χ4v) is 5.03. The molecule has 9 nitrogen and oxygen atoms in total. The average molecular weight is 509 g/mol. The molecule has 1 unspecified atom stereocenters. The Labute approximate surface area is 210 Å². The van der Waals surface area contributed by atoms with E-state index in [9.17, 15) is 14.4 Å². The number of aromatic nitrogens is 1. The van der Waals surface area contributed by atoms with Gasteiger partial charge in [0.05, 0.1) is 35.6 Å². The summed E-state index contributed by atoms with van der Waals surface area (Å²) in [6.45, 7) is 3.29. The first-order chi connectivity index (χ1) is 17.3. The van der Waals surface area contributed by atoms with Crippen LogP contribution < -0.4 is 24.4 Å². The number of carbonyl (C=O) groups excluding carboxylic acids is 1. The predicted molar refractivity (Wildman–Crippen MR) is 133 cm³/mol. The molecule has 0 fully saturated rings. The Balaban J connectivity index is 1.93. The van der Waals surface area contributed by atoms with Crippen LogP contribution in [0.1, 0.15) is 31.0 Å². The number of carboxylic acid groups (broad SMARTS) is 1. The van der Waals surface area contributed by atoms with Gasteiger partial charge in [-0.15, -0.1) is 0 Å². The van der Waals surface area contributed by atoms with Crippen molar-refractivity contribution in [1.29, 1.82) is 0 Å². The number of ether oxygens (including phenoxy) is 3. The summed E-state index contributed by atoms with van der Waals surface area (Å²) in [5.74, 6) is -1.11. The van der Waals surface area contributed by atoms with Crippen molar-refractivity contribution in [2.45, 2.75) is 19.9 Å². The monoisotopic (exact) mass is 508 g/mol. The molecule has 10 heteroatoms. The maximum Gasteiger partial charge on any atom is 0.341 e. The van der Waals surface area contributed by atoms with Gasteiger partial charge in [-0.1, -0.05) is 53.8 Å². The second kappa shape index (κ2) is 10.6. The number of benzene rings is 2. The topological polar surface area (TPSA) is 116 Å². The molecule has 0 saturated heterocycles. The van der Waals surface area contributed by atoms with Crippen LogP contribution in [0.3, 0.4) is 0 Å². The fraction of sp³-hybridized carbons (Fsp3) is 0.231. The minimum Gasteiger partial charge on any atom is -0.490 e. The van der Waals surface area contributed by atoms with E-state index in [4.69, 9.17) is 19.3 Å². The molecule has 1 N–H and O–H groups in total. The molecule has 4 rings (SSSR count). The average Bonchev–Trinajstić information content (AvgIpc) is 3.17. The van der Waals surface area contributed by atoms with E-state index in [0.29, 0.717) is 33.0 Å². The van der Waals surface area contributed by atoms with Crippen LogP contribution in [-0.2, 0) is 14.3 Å². The number of carboxylic acids is 1. The number of aliphatic carboxylic acids is 1. The summed E-state index contributed by atoms with van der Waals surface area (Å²) in [4.78, 5) is 42.5. The zero-order chi connectivity index (χ0) is 25.8. The third kappa shape index (κ3) is 4.80. The zero-order valence-corrected chi connectivity index (χ0v) is 20.7. The minimum atomic E-state index is -1.14. The molecule has 1 aromatic heterocycles. The highest BCUT2D eigenvalue weighted by molar-refractivity contribution is 7.07. The lowest BCUT2D eigenvalue weighted by Gasteiger charge is -2.24. The van der Waals surface area contributed by atoms with Gasteiger partial charge in [0.2, 0.25) is 0 Å². The summed E-state index contributed by atoms with van der Waals surface area (Å²) in [5, 5.41) is 9.10. The first-order valence-corrected chi connectivity index (χ1v) is 11.9.